The van der Waals surface area contributed by atoms with E-state index in [4.69, 9.17) is 4.74 Å². The predicted molar refractivity (Wildman–Crippen MR) is 83.1 cm³/mol. The third kappa shape index (κ3) is 3.15. The van der Waals surface area contributed by atoms with Crippen molar-refractivity contribution >= 4 is 5.97 Å². The first-order valence-corrected chi connectivity index (χ1v) is 7.29. The minimum absolute atomic E-state index is 0.112. The van der Waals surface area contributed by atoms with Crippen LogP contribution in [0.3, 0.4) is 0 Å². The number of halogens is 5. The maximum absolute atomic E-state index is 13.6. The van der Waals surface area contributed by atoms with Gasteiger partial charge in [0.05, 0.1) is 0 Å². The number of carbonyl (C=O) groups is 1. The van der Waals surface area contributed by atoms with Gasteiger partial charge in [0, 0.05) is 0 Å². The summed E-state index contributed by atoms with van der Waals surface area (Å²) >= 11 is 0. The highest BCUT2D eigenvalue weighted by Gasteiger charge is 2.30. The third-order valence-electron chi connectivity index (χ3n) is 3.59. The van der Waals surface area contributed by atoms with Gasteiger partial charge in [-0.1, -0.05) is 42.5 Å². The number of hydrogen-bond acceptors (Lipinski definition) is 2. The third-order valence-corrected chi connectivity index (χ3v) is 3.59. The second kappa shape index (κ2) is 6.95. The molecular formula is C19H9F5O2. The highest BCUT2D eigenvalue weighted by molar-refractivity contribution is 5.91. The molecule has 0 radical (unpaired) electrons. The zero-order valence-corrected chi connectivity index (χ0v) is 12.9. The van der Waals surface area contributed by atoms with Crippen LogP contribution < -0.4 is 4.74 Å². The molecule has 0 unspecified atom stereocenters. The second-order valence-corrected chi connectivity index (χ2v) is 5.22. The van der Waals surface area contributed by atoms with Crippen molar-refractivity contribution in [3.8, 4) is 16.9 Å². The summed E-state index contributed by atoms with van der Waals surface area (Å²) in [6, 6.07) is 15.0. The minimum atomic E-state index is -2.34. The molecule has 0 heterocycles. The molecule has 26 heavy (non-hydrogen) atoms. The molecule has 0 spiro atoms. The first-order valence-electron chi connectivity index (χ1n) is 7.29. The zero-order chi connectivity index (χ0) is 18.8. The molecular weight excluding hydrogens is 355 g/mol. The van der Waals surface area contributed by atoms with Gasteiger partial charge in [-0.3, -0.25) is 0 Å². The molecule has 3 aromatic carbocycles. The monoisotopic (exact) mass is 364 g/mol. The van der Waals surface area contributed by atoms with Crippen LogP contribution in [0.5, 0.6) is 5.75 Å². The lowest BCUT2D eigenvalue weighted by Crippen LogP contribution is -2.17. The largest absolute Gasteiger partial charge is 0.423 e. The van der Waals surface area contributed by atoms with Gasteiger partial charge in [-0.15, -0.1) is 0 Å². The molecule has 2 nitrogen and oxygen atoms in total. The minimum Gasteiger partial charge on any atom is -0.423 e. The van der Waals surface area contributed by atoms with Crippen LogP contribution in [0.4, 0.5) is 22.0 Å². The topological polar surface area (TPSA) is 26.3 Å². The molecule has 7 heteroatoms. The number of carbonyl (C=O) groups excluding carboxylic acids is 1. The fourth-order valence-electron chi connectivity index (χ4n) is 2.29. The molecule has 0 atom stereocenters. The Morgan fingerprint density at radius 1 is 0.615 bits per heavy atom. The van der Waals surface area contributed by atoms with Crippen molar-refractivity contribution in [1.82, 2.24) is 0 Å². The maximum Gasteiger partial charge on any atom is 0.349 e. The number of hydrogen-bond donors (Lipinski definition) is 0. The van der Waals surface area contributed by atoms with E-state index in [0.29, 0.717) is 0 Å². The summed E-state index contributed by atoms with van der Waals surface area (Å²) in [5.41, 5.74) is 0.0142. The number of esters is 1. The Balaban J connectivity index is 1.87. The van der Waals surface area contributed by atoms with Crippen LogP contribution in [-0.2, 0) is 0 Å². The first-order chi connectivity index (χ1) is 12.4. The zero-order valence-electron chi connectivity index (χ0n) is 12.9. The molecule has 3 aromatic rings. The second-order valence-electron chi connectivity index (χ2n) is 5.22. The molecule has 132 valence electrons. The standard InChI is InChI=1S/C19H9F5O2/c20-14-13(15(21)17(23)18(24)16(14)22)19(25)26-12-8-6-11(7-9-12)10-4-2-1-3-5-10/h1-9H. The average Bonchev–Trinajstić information content (AvgIpc) is 2.66. The van der Waals surface area contributed by atoms with E-state index < -0.39 is 40.6 Å². The van der Waals surface area contributed by atoms with E-state index in [1.165, 1.54) is 12.1 Å². The van der Waals surface area contributed by atoms with Gasteiger partial charge in [-0.2, -0.15) is 0 Å². The van der Waals surface area contributed by atoms with Crippen LogP contribution in [0.2, 0.25) is 0 Å². The van der Waals surface area contributed by atoms with Crippen molar-refractivity contribution in [3.05, 3.63) is 89.2 Å². The van der Waals surface area contributed by atoms with Crippen molar-refractivity contribution < 1.29 is 31.5 Å². The van der Waals surface area contributed by atoms with Gasteiger partial charge >= 0.3 is 5.97 Å². The Morgan fingerprint density at radius 2 is 1.08 bits per heavy atom. The number of rotatable bonds is 3. The molecule has 0 aliphatic rings. The van der Waals surface area contributed by atoms with Gasteiger partial charge in [0.1, 0.15) is 11.3 Å². The molecule has 3 rings (SSSR count). The van der Waals surface area contributed by atoms with Crippen LogP contribution in [0.1, 0.15) is 10.4 Å². The van der Waals surface area contributed by atoms with E-state index in [9.17, 15) is 26.7 Å². The average molecular weight is 364 g/mol. The van der Waals surface area contributed by atoms with Crippen molar-refractivity contribution in [2.24, 2.45) is 0 Å². The Morgan fingerprint density at radius 3 is 1.62 bits per heavy atom. The molecule has 0 bridgehead atoms. The molecule has 0 aromatic heterocycles. The molecule has 0 amide bonds. The summed E-state index contributed by atoms with van der Waals surface area (Å²) < 4.78 is 71.3. The summed E-state index contributed by atoms with van der Waals surface area (Å²) in [5, 5.41) is 0. The van der Waals surface area contributed by atoms with Gasteiger partial charge in [-0.05, 0) is 23.3 Å². The summed E-state index contributed by atoms with van der Waals surface area (Å²) in [6.45, 7) is 0. The quantitative estimate of drug-likeness (QED) is 0.208. The van der Waals surface area contributed by atoms with Crippen molar-refractivity contribution in [3.63, 3.8) is 0 Å². The smallest absolute Gasteiger partial charge is 0.349 e. The van der Waals surface area contributed by atoms with Crippen LogP contribution in [0.25, 0.3) is 11.1 Å². The summed E-state index contributed by atoms with van der Waals surface area (Å²) in [6.07, 6.45) is 0. The SMILES string of the molecule is O=C(Oc1ccc(-c2ccccc2)cc1)c1c(F)c(F)c(F)c(F)c1F. The Kier molecular flexibility index (Phi) is 4.71. The van der Waals surface area contributed by atoms with Gasteiger partial charge in [0.2, 0.25) is 5.82 Å². The van der Waals surface area contributed by atoms with Gasteiger partial charge < -0.3 is 4.74 Å². The lowest BCUT2D eigenvalue weighted by molar-refractivity contribution is 0.0721. The van der Waals surface area contributed by atoms with Crippen LogP contribution in [0, 0.1) is 29.1 Å². The molecule has 0 fully saturated rings. The van der Waals surface area contributed by atoms with Crippen molar-refractivity contribution in [2.45, 2.75) is 0 Å². The molecule has 0 N–H and O–H groups in total. The van der Waals surface area contributed by atoms with Crippen LogP contribution >= 0.6 is 0 Å². The fraction of sp³-hybridized carbons (Fsp3) is 0. The number of ether oxygens (including phenoxy) is 1. The Bertz CT molecular complexity index is 940. The summed E-state index contributed by atoms with van der Waals surface area (Å²) in [4.78, 5) is 11.9. The van der Waals surface area contributed by atoms with Crippen LogP contribution in [0.15, 0.2) is 54.6 Å². The Labute approximate surface area is 144 Å². The molecule has 0 saturated carbocycles. The molecule has 0 aliphatic carbocycles. The van der Waals surface area contributed by atoms with Gasteiger partial charge in [-0.25, -0.2) is 26.7 Å². The lowest BCUT2D eigenvalue weighted by Gasteiger charge is -2.09. The van der Waals surface area contributed by atoms with Gasteiger partial charge in [0.15, 0.2) is 23.3 Å². The fourth-order valence-corrected chi connectivity index (χ4v) is 2.29. The van der Waals surface area contributed by atoms with Gasteiger partial charge in [0.25, 0.3) is 0 Å². The lowest BCUT2D eigenvalue weighted by atomic mass is 10.1. The van der Waals surface area contributed by atoms with E-state index in [1.54, 1.807) is 12.1 Å². The summed E-state index contributed by atoms with van der Waals surface area (Å²) in [5.74, 6) is -13.1. The van der Waals surface area contributed by atoms with Crippen molar-refractivity contribution in [1.29, 1.82) is 0 Å². The molecule has 0 saturated heterocycles. The van der Waals surface area contributed by atoms with Crippen LogP contribution in [-0.4, -0.2) is 5.97 Å². The Hall–Kier alpha value is -3.22. The van der Waals surface area contributed by atoms with E-state index in [2.05, 4.69) is 0 Å². The summed E-state index contributed by atoms with van der Waals surface area (Å²) in [7, 11) is 0. The van der Waals surface area contributed by atoms with E-state index in [-0.39, 0.29) is 5.75 Å². The highest BCUT2D eigenvalue weighted by atomic mass is 19.2. The predicted octanol–water partition coefficient (Wildman–Crippen LogP) is 5.27. The molecule has 0 aliphatic heterocycles. The normalized spacial score (nSPS) is 10.7. The van der Waals surface area contributed by atoms with E-state index in [0.717, 1.165) is 11.1 Å². The maximum atomic E-state index is 13.6. The first kappa shape index (κ1) is 17.6. The van der Waals surface area contributed by atoms with E-state index in [1.807, 2.05) is 30.3 Å². The van der Waals surface area contributed by atoms with Crippen molar-refractivity contribution in [2.75, 3.05) is 0 Å². The highest BCUT2D eigenvalue weighted by Crippen LogP contribution is 2.26. The number of benzene rings is 3. The van der Waals surface area contributed by atoms with E-state index >= 15 is 0 Å².